The van der Waals surface area contributed by atoms with Gasteiger partial charge in [-0.3, -0.25) is 0 Å². The van der Waals surface area contributed by atoms with E-state index in [1.54, 1.807) is 6.07 Å². The molecule has 0 spiro atoms. The van der Waals surface area contributed by atoms with Gasteiger partial charge in [0.15, 0.2) is 0 Å². The predicted molar refractivity (Wildman–Crippen MR) is 66.8 cm³/mol. The van der Waals surface area contributed by atoms with Gasteiger partial charge in [-0.1, -0.05) is 19.9 Å². The van der Waals surface area contributed by atoms with Crippen molar-refractivity contribution >= 4 is 0 Å². The molecule has 0 aliphatic heterocycles. The molecule has 0 amide bonds. The van der Waals surface area contributed by atoms with Gasteiger partial charge in [0.25, 0.3) is 0 Å². The molecule has 0 aliphatic carbocycles. The van der Waals surface area contributed by atoms with Gasteiger partial charge in [0.1, 0.15) is 0 Å². The Kier molecular flexibility index (Phi) is 3.24. The molecule has 1 heterocycles. The minimum Gasteiger partial charge on any atom is -0.241 e. The van der Waals surface area contributed by atoms with Gasteiger partial charge >= 0.3 is 0 Å². The first-order valence-corrected chi connectivity index (χ1v) is 5.73. The Morgan fingerprint density at radius 3 is 2.94 bits per heavy atom. The molecule has 0 bridgehead atoms. The minimum atomic E-state index is 0.623. The first-order chi connectivity index (χ1) is 8.19. The fraction of sp³-hybridized carbons (Fsp3) is 0.286. The third kappa shape index (κ3) is 2.73. The van der Waals surface area contributed by atoms with Crippen molar-refractivity contribution in [1.29, 1.82) is 5.26 Å². The van der Waals surface area contributed by atoms with Crippen molar-refractivity contribution in [3.63, 3.8) is 0 Å². The van der Waals surface area contributed by atoms with Gasteiger partial charge in [0.05, 0.1) is 23.5 Å². The summed E-state index contributed by atoms with van der Waals surface area (Å²) in [6.07, 6.45) is 4.94. The number of hydrogen-bond donors (Lipinski definition) is 0. The van der Waals surface area contributed by atoms with Gasteiger partial charge in [-0.2, -0.15) is 10.4 Å². The monoisotopic (exact) mass is 225 g/mol. The Morgan fingerprint density at radius 2 is 2.24 bits per heavy atom. The largest absolute Gasteiger partial charge is 0.241 e. The second kappa shape index (κ2) is 4.84. The van der Waals surface area contributed by atoms with Crippen LogP contribution in [0.1, 0.15) is 25.0 Å². The zero-order valence-electron chi connectivity index (χ0n) is 10.1. The maximum absolute atomic E-state index is 8.85. The summed E-state index contributed by atoms with van der Waals surface area (Å²) in [7, 11) is 0. The molecule has 17 heavy (non-hydrogen) atoms. The normalized spacial score (nSPS) is 10.5. The molecule has 1 aromatic carbocycles. The van der Waals surface area contributed by atoms with E-state index in [1.165, 1.54) is 5.56 Å². The van der Waals surface area contributed by atoms with E-state index in [1.807, 2.05) is 35.3 Å². The standard InChI is InChI=1S/C14H15N3/c1-11(2)6-13-9-16-17(10-13)14-5-3-4-12(7-14)8-15/h3-5,7,9-11H,6H2,1-2H3. The van der Waals surface area contributed by atoms with Crippen molar-refractivity contribution in [3.8, 4) is 11.8 Å². The summed E-state index contributed by atoms with van der Waals surface area (Å²) in [5.41, 5.74) is 2.81. The lowest BCUT2D eigenvalue weighted by Gasteiger charge is -2.02. The summed E-state index contributed by atoms with van der Waals surface area (Å²) in [5, 5.41) is 13.2. The van der Waals surface area contributed by atoms with Crippen LogP contribution in [-0.2, 0) is 6.42 Å². The van der Waals surface area contributed by atoms with E-state index < -0.39 is 0 Å². The summed E-state index contributed by atoms with van der Waals surface area (Å²) in [6.45, 7) is 4.38. The number of nitrogens with zero attached hydrogens (tertiary/aromatic N) is 3. The fourth-order valence-electron chi connectivity index (χ4n) is 1.80. The maximum atomic E-state index is 8.85. The number of hydrogen-bond acceptors (Lipinski definition) is 2. The van der Waals surface area contributed by atoms with Crippen LogP contribution in [0.4, 0.5) is 0 Å². The van der Waals surface area contributed by atoms with Crippen molar-refractivity contribution in [3.05, 3.63) is 47.8 Å². The highest BCUT2D eigenvalue weighted by Gasteiger charge is 2.03. The van der Waals surface area contributed by atoms with Gasteiger partial charge in [-0.05, 0) is 36.1 Å². The van der Waals surface area contributed by atoms with Crippen LogP contribution in [0.15, 0.2) is 36.7 Å². The Labute approximate surface area is 101 Å². The molecule has 0 saturated heterocycles. The van der Waals surface area contributed by atoms with E-state index in [4.69, 9.17) is 5.26 Å². The molecule has 2 aromatic rings. The molecule has 86 valence electrons. The molecule has 3 heteroatoms. The SMILES string of the molecule is CC(C)Cc1cnn(-c2cccc(C#N)c2)c1. The molecule has 3 nitrogen and oxygen atoms in total. The Balaban J connectivity index is 2.27. The maximum Gasteiger partial charge on any atom is 0.0992 e. The summed E-state index contributed by atoms with van der Waals surface area (Å²) >= 11 is 0. The van der Waals surface area contributed by atoms with Crippen LogP contribution in [0.5, 0.6) is 0 Å². The number of nitriles is 1. The van der Waals surface area contributed by atoms with Crippen LogP contribution in [0.25, 0.3) is 5.69 Å². The average molecular weight is 225 g/mol. The topological polar surface area (TPSA) is 41.6 Å². The van der Waals surface area contributed by atoms with Crippen LogP contribution in [0.3, 0.4) is 0 Å². The third-order valence-electron chi connectivity index (χ3n) is 2.52. The van der Waals surface area contributed by atoms with Crippen molar-refractivity contribution in [1.82, 2.24) is 9.78 Å². The van der Waals surface area contributed by atoms with Gasteiger partial charge < -0.3 is 0 Å². The van der Waals surface area contributed by atoms with E-state index in [-0.39, 0.29) is 0 Å². The highest BCUT2D eigenvalue weighted by atomic mass is 15.3. The lowest BCUT2D eigenvalue weighted by atomic mass is 10.1. The van der Waals surface area contributed by atoms with Gasteiger partial charge in [-0.15, -0.1) is 0 Å². The van der Waals surface area contributed by atoms with Crippen molar-refractivity contribution in [2.75, 3.05) is 0 Å². The second-order valence-corrected chi connectivity index (χ2v) is 4.55. The Morgan fingerprint density at radius 1 is 1.41 bits per heavy atom. The van der Waals surface area contributed by atoms with Crippen LogP contribution in [-0.4, -0.2) is 9.78 Å². The van der Waals surface area contributed by atoms with Crippen LogP contribution in [0.2, 0.25) is 0 Å². The molecule has 0 radical (unpaired) electrons. The minimum absolute atomic E-state index is 0.623. The van der Waals surface area contributed by atoms with Crippen LogP contribution >= 0.6 is 0 Å². The summed E-state index contributed by atoms with van der Waals surface area (Å²) in [6, 6.07) is 9.59. The summed E-state index contributed by atoms with van der Waals surface area (Å²) in [5.74, 6) is 0.623. The van der Waals surface area contributed by atoms with E-state index in [2.05, 4.69) is 25.0 Å². The quantitative estimate of drug-likeness (QED) is 0.805. The molecular weight excluding hydrogens is 210 g/mol. The highest BCUT2D eigenvalue weighted by Crippen LogP contribution is 2.12. The zero-order valence-corrected chi connectivity index (χ0v) is 10.1. The van der Waals surface area contributed by atoms with Gasteiger partial charge in [0, 0.05) is 6.20 Å². The molecule has 0 unspecified atom stereocenters. The molecule has 0 aliphatic rings. The molecule has 1 aromatic heterocycles. The molecule has 0 N–H and O–H groups in total. The lowest BCUT2D eigenvalue weighted by molar-refractivity contribution is 0.647. The van der Waals surface area contributed by atoms with E-state index in [0.29, 0.717) is 11.5 Å². The molecular formula is C14H15N3. The third-order valence-corrected chi connectivity index (χ3v) is 2.52. The molecule has 0 fully saturated rings. The van der Waals surface area contributed by atoms with Crippen molar-refractivity contribution in [2.24, 2.45) is 5.92 Å². The van der Waals surface area contributed by atoms with E-state index >= 15 is 0 Å². The molecule has 2 rings (SSSR count). The Hall–Kier alpha value is -2.08. The number of rotatable bonds is 3. The zero-order chi connectivity index (χ0) is 12.3. The fourth-order valence-corrected chi connectivity index (χ4v) is 1.80. The van der Waals surface area contributed by atoms with Crippen molar-refractivity contribution in [2.45, 2.75) is 20.3 Å². The lowest BCUT2D eigenvalue weighted by Crippen LogP contribution is -1.95. The summed E-state index contributed by atoms with van der Waals surface area (Å²) < 4.78 is 1.82. The molecule has 0 saturated carbocycles. The smallest absolute Gasteiger partial charge is 0.0992 e. The number of benzene rings is 1. The van der Waals surface area contributed by atoms with Crippen molar-refractivity contribution < 1.29 is 0 Å². The first kappa shape index (κ1) is 11.4. The summed E-state index contributed by atoms with van der Waals surface area (Å²) in [4.78, 5) is 0. The number of aromatic nitrogens is 2. The van der Waals surface area contributed by atoms with Gasteiger partial charge in [-0.25, -0.2) is 4.68 Å². The average Bonchev–Trinajstić information content (AvgIpc) is 2.77. The van der Waals surface area contributed by atoms with Gasteiger partial charge in [0.2, 0.25) is 0 Å². The van der Waals surface area contributed by atoms with E-state index in [9.17, 15) is 0 Å². The Bertz CT molecular complexity index is 547. The first-order valence-electron chi connectivity index (χ1n) is 5.73. The molecule has 0 atom stereocenters. The second-order valence-electron chi connectivity index (χ2n) is 4.55. The van der Waals surface area contributed by atoms with E-state index in [0.717, 1.165) is 12.1 Å². The predicted octanol–water partition coefficient (Wildman–Crippen LogP) is 2.94. The highest BCUT2D eigenvalue weighted by molar-refractivity contribution is 5.40. The van der Waals surface area contributed by atoms with Crippen LogP contribution in [0, 0.1) is 17.2 Å². The van der Waals surface area contributed by atoms with Crippen LogP contribution < -0.4 is 0 Å².